The molecule has 1 aromatic heterocycles. The third kappa shape index (κ3) is 2.66. The van der Waals surface area contributed by atoms with Crippen LogP contribution in [0, 0.1) is 17.1 Å². The van der Waals surface area contributed by atoms with E-state index < -0.39 is 5.82 Å². The Hall–Kier alpha value is -3.04. The molecule has 3 aromatic rings. The highest BCUT2D eigenvalue weighted by atomic mass is 35.5. The smallest absolute Gasteiger partial charge is 0.148 e. The Morgan fingerprint density at radius 2 is 2.12 bits per heavy atom. The molecular formula is C17H12ClFN4O. The van der Waals surface area contributed by atoms with Gasteiger partial charge in [0.05, 0.1) is 29.6 Å². The molecule has 0 aliphatic carbocycles. The third-order valence-electron chi connectivity index (χ3n) is 3.57. The number of ether oxygens (including phenoxy) is 1. The zero-order valence-electron chi connectivity index (χ0n) is 12.6. The quantitative estimate of drug-likeness (QED) is 0.696. The lowest BCUT2D eigenvalue weighted by Crippen LogP contribution is -2.01. The minimum Gasteiger partial charge on any atom is -0.495 e. The van der Waals surface area contributed by atoms with Gasteiger partial charge in [-0.15, -0.1) is 0 Å². The summed E-state index contributed by atoms with van der Waals surface area (Å²) < 4.78 is 19.3. The van der Waals surface area contributed by atoms with Gasteiger partial charge in [-0.1, -0.05) is 11.6 Å². The highest BCUT2D eigenvalue weighted by molar-refractivity contribution is 6.30. The van der Waals surface area contributed by atoms with Crippen LogP contribution in [-0.2, 0) is 0 Å². The lowest BCUT2D eigenvalue weighted by atomic mass is 10.1. The van der Waals surface area contributed by atoms with Gasteiger partial charge < -0.3 is 15.8 Å². The largest absolute Gasteiger partial charge is 0.495 e. The van der Waals surface area contributed by atoms with Crippen LogP contribution in [0.3, 0.4) is 0 Å². The maximum atomic E-state index is 14.1. The Balaban J connectivity index is 2.22. The number of nitrogens with one attached hydrogen (secondary N) is 1. The molecule has 0 fully saturated rings. The van der Waals surface area contributed by atoms with Crippen LogP contribution in [0.4, 0.5) is 21.5 Å². The number of aromatic nitrogens is 1. The van der Waals surface area contributed by atoms with Gasteiger partial charge in [-0.25, -0.2) is 4.39 Å². The first-order chi connectivity index (χ1) is 11.5. The van der Waals surface area contributed by atoms with Gasteiger partial charge in [-0.05, 0) is 30.3 Å². The van der Waals surface area contributed by atoms with Crippen LogP contribution in [0.25, 0.3) is 10.9 Å². The molecule has 7 heteroatoms. The molecule has 24 heavy (non-hydrogen) atoms. The second-order valence-corrected chi connectivity index (χ2v) is 5.42. The van der Waals surface area contributed by atoms with E-state index in [2.05, 4.69) is 10.3 Å². The summed E-state index contributed by atoms with van der Waals surface area (Å²) in [5, 5.41) is 13.1. The summed E-state index contributed by atoms with van der Waals surface area (Å²) in [5.74, 6) is -0.0545. The Kier molecular flexibility index (Phi) is 4.11. The van der Waals surface area contributed by atoms with Crippen molar-refractivity contribution in [1.82, 2.24) is 4.98 Å². The number of pyridine rings is 1. The second kappa shape index (κ2) is 6.22. The molecule has 0 saturated heterocycles. The molecule has 1 heterocycles. The van der Waals surface area contributed by atoms with Crippen LogP contribution in [-0.4, -0.2) is 12.1 Å². The number of benzene rings is 2. The van der Waals surface area contributed by atoms with E-state index in [9.17, 15) is 9.65 Å². The van der Waals surface area contributed by atoms with Crippen molar-refractivity contribution in [3.63, 3.8) is 0 Å². The van der Waals surface area contributed by atoms with Gasteiger partial charge in [0.15, 0.2) is 0 Å². The number of anilines is 3. The van der Waals surface area contributed by atoms with E-state index in [1.807, 2.05) is 6.07 Å². The molecule has 0 atom stereocenters. The standard InChI is InChI=1S/C17H12ClFN4O/c1-24-14-5-3-11-16(9(7-20)8-22-17(11)15(14)21)23-13-4-2-10(18)6-12(13)19/h2-6,8H,21H2,1H3,(H,22,23). The average Bonchev–Trinajstić information content (AvgIpc) is 2.58. The minimum absolute atomic E-state index is 0.192. The highest BCUT2D eigenvalue weighted by Gasteiger charge is 2.15. The molecule has 3 N–H and O–H groups in total. The predicted molar refractivity (Wildman–Crippen MR) is 92.1 cm³/mol. The molecule has 0 amide bonds. The fourth-order valence-electron chi connectivity index (χ4n) is 2.39. The lowest BCUT2D eigenvalue weighted by Gasteiger charge is -2.14. The number of hydrogen-bond donors (Lipinski definition) is 2. The minimum atomic E-state index is -0.530. The third-order valence-corrected chi connectivity index (χ3v) is 3.80. The van der Waals surface area contributed by atoms with Gasteiger partial charge in [-0.3, -0.25) is 4.98 Å². The second-order valence-electron chi connectivity index (χ2n) is 4.99. The fourth-order valence-corrected chi connectivity index (χ4v) is 2.55. The van der Waals surface area contributed by atoms with E-state index >= 15 is 0 Å². The fraction of sp³-hybridized carbons (Fsp3) is 0.0588. The first-order valence-electron chi connectivity index (χ1n) is 6.92. The van der Waals surface area contributed by atoms with E-state index in [0.29, 0.717) is 28.0 Å². The van der Waals surface area contributed by atoms with Crippen molar-refractivity contribution in [3.8, 4) is 11.8 Å². The van der Waals surface area contributed by atoms with Crippen LogP contribution in [0.5, 0.6) is 5.75 Å². The maximum Gasteiger partial charge on any atom is 0.148 e. The molecule has 0 unspecified atom stereocenters. The van der Waals surface area contributed by atoms with Gasteiger partial charge in [0.25, 0.3) is 0 Å². The molecule has 0 radical (unpaired) electrons. The molecular weight excluding hydrogens is 331 g/mol. The van der Waals surface area contributed by atoms with E-state index in [1.54, 1.807) is 18.2 Å². The van der Waals surface area contributed by atoms with Gasteiger partial charge in [0, 0.05) is 16.6 Å². The number of nitrogens with zero attached hydrogens (tertiary/aromatic N) is 2. The Bertz CT molecular complexity index is 984. The van der Waals surface area contributed by atoms with Gasteiger partial charge in [-0.2, -0.15) is 5.26 Å². The summed E-state index contributed by atoms with van der Waals surface area (Å²) in [6.45, 7) is 0. The van der Waals surface area contributed by atoms with Crippen molar-refractivity contribution < 1.29 is 9.13 Å². The zero-order chi connectivity index (χ0) is 17.3. The number of hydrogen-bond acceptors (Lipinski definition) is 5. The summed E-state index contributed by atoms with van der Waals surface area (Å²) in [4.78, 5) is 4.22. The van der Waals surface area contributed by atoms with Crippen molar-refractivity contribution in [2.24, 2.45) is 0 Å². The van der Waals surface area contributed by atoms with Gasteiger partial charge in [0.1, 0.15) is 23.3 Å². The summed E-state index contributed by atoms with van der Waals surface area (Å²) >= 11 is 5.77. The van der Waals surface area contributed by atoms with Crippen LogP contribution in [0.15, 0.2) is 36.5 Å². The van der Waals surface area contributed by atoms with E-state index in [1.165, 1.54) is 25.4 Å². The van der Waals surface area contributed by atoms with Crippen molar-refractivity contribution in [2.45, 2.75) is 0 Å². The summed E-state index contributed by atoms with van der Waals surface area (Å²) in [6, 6.07) is 9.67. The molecule has 0 saturated carbocycles. The molecule has 2 aromatic carbocycles. The van der Waals surface area contributed by atoms with Crippen LogP contribution >= 0.6 is 11.6 Å². The number of nitrogen functional groups attached to an aromatic ring is 1. The summed E-state index contributed by atoms with van der Waals surface area (Å²) in [6.07, 6.45) is 1.38. The van der Waals surface area contributed by atoms with Gasteiger partial charge in [0.2, 0.25) is 0 Å². The van der Waals surface area contributed by atoms with Gasteiger partial charge >= 0.3 is 0 Å². The number of nitriles is 1. The Morgan fingerprint density at radius 1 is 1.33 bits per heavy atom. The Labute approximate surface area is 142 Å². The van der Waals surface area contributed by atoms with Crippen molar-refractivity contribution in [1.29, 1.82) is 5.26 Å². The average molecular weight is 343 g/mol. The van der Waals surface area contributed by atoms with Crippen LogP contribution < -0.4 is 15.8 Å². The first-order valence-corrected chi connectivity index (χ1v) is 7.30. The Morgan fingerprint density at radius 3 is 2.79 bits per heavy atom. The number of fused-ring (bicyclic) bond motifs is 1. The summed E-state index contributed by atoms with van der Waals surface area (Å²) in [5.41, 5.74) is 7.73. The number of methoxy groups -OCH3 is 1. The monoisotopic (exact) mass is 342 g/mol. The predicted octanol–water partition coefficient (Wildman–Crippen LogP) is 4.23. The van der Waals surface area contributed by atoms with E-state index in [-0.39, 0.29) is 16.3 Å². The number of rotatable bonds is 3. The SMILES string of the molecule is COc1ccc2c(Nc3ccc(Cl)cc3F)c(C#N)cnc2c1N. The zero-order valence-corrected chi connectivity index (χ0v) is 13.4. The highest BCUT2D eigenvalue weighted by Crippen LogP contribution is 2.36. The van der Waals surface area contributed by atoms with E-state index in [0.717, 1.165) is 0 Å². The molecule has 0 bridgehead atoms. The molecule has 120 valence electrons. The first kappa shape index (κ1) is 15.8. The van der Waals surface area contributed by atoms with E-state index in [4.69, 9.17) is 22.1 Å². The lowest BCUT2D eigenvalue weighted by molar-refractivity contribution is 0.417. The summed E-state index contributed by atoms with van der Waals surface area (Å²) in [7, 11) is 1.50. The molecule has 5 nitrogen and oxygen atoms in total. The molecule has 3 rings (SSSR count). The van der Waals surface area contributed by atoms with Crippen LogP contribution in [0.2, 0.25) is 5.02 Å². The van der Waals surface area contributed by atoms with Crippen molar-refractivity contribution in [2.75, 3.05) is 18.2 Å². The molecule has 0 spiro atoms. The maximum absolute atomic E-state index is 14.1. The van der Waals surface area contributed by atoms with Crippen molar-refractivity contribution >= 4 is 39.6 Å². The molecule has 0 aliphatic rings. The number of nitrogens with two attached hydrogens (primary N) is 1. The normalized spacial score (nSPS) is 10.4. The van der Waals surface area contributed by atoms with Crippen LogP contribution in [0.1, 0.15) is 5.56 Å². The number of halogens is 2. The topological polar surface area (TPSA) is 84.0 Å². The molecule has 0 aliphatic heterocycles. The van der Waals surface area contributed by atoms with Crippen molar-refractivity contribution in [3.05, 3.63) is 52.9 Å².